The highest BCUT2D eigenvalue weighted by Crippen LogP contribution is 2.04. The molecule has 0 amide bonds. The van der Waals surface area contributed by atoms with Crippen LogP contribution in [0.2, 0.25) is 0 Å². The quantitative estimate of drug-likeness (QED) is 0.569. The van der Waals surface area contributed by atoms with Gasteiger partial charge in [0.15, 0.2) is 0 Å². The van der Waals surface area contributed by atoms with Gasteiger partial charge in [0, 0.05) is 0 Å². The van der Waals surface area contributed by atoms with E-state index in [0.717, 1.165) is 0 Å². The maximum atomic E-state index is 2.39. The maximum absolute atomic E-state index is 2.39. The number of hydrogen-bond acceptors (Lipinski definition) is 1. The van der Waals surface area contributed by atoms with Gasteiger partial charge < -0.3 is 4.90 Å². The van der Waals surface area contributed by atoms with Gasteiger partial charge >= 0.3 is 0 Å². The summed E-state index contributed by atoms with van der Waals surface area (Å²) in [4.78, 5) is 2.39. The zero-order chi connectivity index (χ0) is 5.11. The molecule has 0 spiro atoms. The van der Waals surface area contributed by atoms with E-state index in [0.29, 0.717) is 0 Å². The van der Waals surface area contributed by atoms with Crippen LogP contribution in [0.1, 0.15) is 19.3 Å². The van der Waals surface area contributed by atoms with Crippen LogP contribution in [0.15, 0.2) is 0 Å². The molecule has 1 nitrogen and oxygen atoms in total. The Morgan fingerprint density at radius 3 is 1.75 bits per heavy atom. The highest BCUT2D eigenvalue weighted by Gasteiger charge is 2.02. The minimum Gasteiger partial charge on any atom is -0.306 e. The van der Waals surface area contributed by atoms with Gasteiger partial charge in [-0.25, -0.2) is 0 Å². The van der Waals surface area contributed by atoms with Crippen LogP contribution < -0.4 is 0 Å². The molecule has 50 valence electrons. The Labute approximate surface area is 68.5 Å². The highest BCUT2D eigenvalue weighted by atomic mass is 127. The fourth-order valence-corrected chi connectivity index (χ4v) is 1.05. The van der Waals surface area contributed by atoms with Crippen LogP contribution in [-0.2, 0) is 0 Å². The lowest BCUT2D eigenvalue weighted by molar-refractivity contribution is 0.277. The van der Waals surface area contributed by atoms with E-state index < -0.39 is 0 Å². The molecule has 0 radical (unpaired) electrons. The third-order valence-corrected chi connectivity index (χ3v) is 1.58. The smallest absolute Gasteiger partial charge is 0.00218 e. The van der Waals surface area contributed by atoms with Gasteiger partial charge in [-0.15, -0.1) is 24.0 Å². The molecule has 1 fully saturated rings. The summed E-state index contributed by atoms with van der Waals surface area (Å²) >= 11 is 0. The number of piperidine rings is 1. The van der Waals surface area contributed by atoms with Gasteiger partial charge in [-0.05, 0) is 33.0 Å². The SMILES string of the molecule is CN1CCCCC1.I. The van der Waals surface area contributed by atoms with Gasteiger partial charge in [-0.3, -0.25) is 0 Å². The Morgan fingerprint density at radius 1 is 1.00 bits per heavy atom. The predicted octanol–water partition coefficient (Wildman–Crippen LogP) is 1.72. The Kier molecular flexibility index (Phi) is 4.95. The monoisotopic (exact) mass is 227 g/mol. The van der Waals surface area contributed by atoms with Crippen molar-refractivity contribution in [3.8, 4) is 0 Å². The summed E-state index contributed by atoms with van der Waals surface area (Å²) in [5.41, 5.74) is 0. The minimum absolute atomic E-state index is 0. The number of hydrogen-bond donors (Lipinski definition) is 0. The average Bonchev–Trinajstić information content (AvgIpc) is 1.69. The zero-order valence-electron chi connectivity index (χ0n) is 5.39. The van der Waals surface area contributed by atoms with Crippen LogP contribution in [0.25, 0.3) is 0 Å². The standard InChI is InChI=1S/C6H13N.HI/c1-7-5-3-2-4-6-7;/h2-6H2,1H3;1H. The summed E-state index contributed by atoms with van der Waals surface area (Å²) in [7, 11) is 2.19. The second kappa shape index (κ2) is 4.56. The molecule has 0 aromatic rings. The lowest BCUT2D eigenvalue weighted by Gasteiger charge is -2.20. The van der Waals surface area contributed by atoms with E-state index in [2.05, 4.69) is 11.9 Å². The van der Waals surface area contributed by atoms with Crippen LogP contribution in [-0.4, -0.2) is 25.0 Å². The molecule has 1 rings (SSSR count). The molecule has 1 heterocycles. The summed E-state index contributed by atoms with van der Waals surface area (Å²) in [5.74, 6) is 0. The molecule has 0 unspecified atom stereocenters. The van der Waals surface area contributed by atoms with Gasteiger partial charge in [-0.2, -0.15) is 0 Å². The maximum Gasteiger partial charge on any atom is -0.00218 e. The van der Waals surface area contributed by atoms with Gasteiger partial charge in [-0.1, -0.05) is 6.42 Å². The molecule has 0 aromatic carbocycles. The van der Waals surface area contributed by atoms with E-state index in [4.69, 9.17) is 0 Å². The van der Waals surface area contributed by atoms with Crippen molar-refractivity contribution in [2.75, 3.05) is 20.1 Å². The minimum atomic E-state index is 0. The van der Waals surface area contributed by atoms with Gasteiger partial charge in [0.25, 0.3) is 0 Å². The fraction of sp³-hybridized carbons (Fsp3) is 1.00. The Hall–Kier alpha value is 0.690. The van der Waals surface area contributed by atoms with Crippen molar-refractivity contribution < 1.29 is 0 Å². The zero-order valence-corrected chi connectivity index (χ0v) is 7.72. The van der Waals surface area contributed by atoms with Crippen LogP contribution >= 0.6 is 24.0 Å². The first kappa shape index (κ1) is 8.69. The molecule has 1 aliphatic rings. The first-order valence-electron chi connectivity index (χ1n) is 3.08. The van der Waals surface area contributed by atoms with Crippen LogP contribution in [0.3, 0.4) is 0 Å². The molecule has 1 aliphatic heterocycles. The molecule has 1 saturated heterocycles. The second-order valence-electron chi connectivity index (χ2n) is 2.36. The Morgan fingerprint density at radius 2 is 1.50 bits per heavy atom. The molecule has 8 heavy (non-hydrogen) atoms. The van der Waals surface area contributed by atoms with Crippen molar-refractivity contribution in [1.29, 1.82) is 0 Å². The average molecular weight is 227 g/mol. The number of halogens is 1. The Balaban J connectivity index is 0.000000490. The number of nitrogens with zero attached hydrogens (tertiary/aromatic N) is 1. The molecular weight excluding hydrogens is 213 g/mol. The predicted molar refractivity (Wildman–Crippen MR) is 46.8 cm³/mol. The first-order chi connectivity index (χ1) is 3.39. The summed E-state index contributed by atoms with van der Waals surface area (Å²) in [5, 5.41) is 0. The third-order valence-electron chi connectivity index (χ3n) is 1.58. The highest BCUT2D eigenvalue weighted by molar-refractivity contribution is 14.0. The van der Waals surface area contributed by atoms with Crippen molar-refractivity contribution in [2.24, 2.45) is 0 Å². The van der Waals surface area contributed by atoms with Gasteiger partial charge in [0.05, 0.1) is 0 Å². The number of rotatable bonds is 0. The van der Waals surface area contributed by atoms with E-state index >= 15 is 0 Å². The molecular formula is C6H14IN. The summed E-state index contributed by atoms with van der Waals surface area (Å²) in [6.07, 6.45) is 4.28. The topological polar surface area (TPSA) is 3.24 Å². The summed E-state index contributed by atoms with van der Waals surface area (Å²) in [6.45, 7) is 2.64. The first-order valence-corrected chi connectivity index (χ1v) is 3.08. The van der Waals surface area contributed by atoms with Crippen molar-refractivity contribution in [3.05, 3.63) is 0 Å². The lowest BCUT2D eigenvalue weighted by atomic mass is 10.1. The van der Waals surface area contributed by atoms with Crippen molar-refractivity contribution in [2.45, 2.75) is 19.3 Å². The largest absolute Gasteiger partial charge is 0.306 e. The molecule has 0 aliphatic carbocycles. The van der Waals surface area contributed by atoms with Crippen molar-refractivity contribution in [3.63, 3.8) is 0 Å². The lowest BCUT2D eigenvalue weighted by Crippen LogP contribution is -2.24. The number of likely N-dealkylation sites (tertiary alicyclic amines) is 1. The molecule has 2 heteroatoms. The van der Waals surface area contributed by atoms with E-state index in [1.807, 2.05) is 0 Å². The van der Waals surface area contributed by atoms with Crippen molar-refractivity contribution >= 4 is 24.0 Å². The van der Waals surface area contributed by atoms with Crippen molar-refractivity contribution in [1.82, 2.24) is 4.90 Å². The molecule has 0 N–H and O–H groups in total. The Bertz CT molecular complexity index is 50.5. The molecule has 0 saturated carbocycles. The van der Waals surface area contributed by atoms with Gasteiger partial charge in [0.2, 0.25) is 0 Å². The normalized spacial score (nSPS) is 22.1. The molecule has 0 atom stereocenters. The van der Waals surface area contributed by atoms with E-state index in [1.54, 1.807) is 0 Å². The van der Waals surface area contributed by atoms with E-state index in [-0.39, 0.29) is 24.0 Å². The van der Waals surface area contributed by atoms with Gasteiger partial charge in [0.1, 0.15) is 0 Å². The van der Waals surface area contributed by atoms with Crippen LogP contribution in [0.5, 0.6) is 0 Å². The van der Waals surface area contributed by atoms with Crippen LogP contribution in [0, 0.1) is 0 Å². The van der Waals surface area contributed by atoms with E-state index in [1.165, 1.54) is 32.4 Å². The summed E-state index contributed by atoms with van der Waals surface area (Å²) in [6, 6.07) is 0. The third kappa shape index (κ3) is 2.87. The van der Waals surface area contributed by atoms with Crippen LogP contribution in [0.4, 0.5) is 0 Å². The second-order valence-corrected chi connectivity index (χ2v) is 2.36. The summed E-state index contributed by atoms with van der Waals surface area (Å²) < 4.78 is 0. The fourth-order valence-electron chi connectivity index (χ4n) is 1.05. The molecule has 0 bridgehead atoms. The van der Waals surface area contributed by atoms with E-state index in [9.17, 15) is 0 Å². The molecule has 0 aromatic heterocycles.